The lowest BCUT2D eigenvalue weighted by atomic mass is 10.2. The topological polar surface area (TPSA) is 41.1 Å². The van der Waals surface area contributed by atoms with E-state index in [0.717, 1.165) is 0 Å². The predicted molar refractivity (Wildman–Crippen MR) is 60.4 cm³/mol. The maximum absolute atomic E-state index is 13.3. The quantitative estimate of drug-likeness (QED) is 0.818. The average Bonchev–Trinajstić information content (AvgIpc) is 2.17. The van der Waals surface area contributed by atoms with Gasteiger partial charge in [-0.25, -0.2) is 4.39 Å². The van der Waals surface area contributed by atoms with Crippen molar-refractivity contribution in [1.82, 2.24) is 10.6 Å². The molecule has 0 bridgehead atoms. The molecule has 0 aliphatic rings. The Kier molecular flexibility index (Phi) is 4.71. The van der Waals surface area contributed by atoms with E-state index in [9.17, 15) is 9.18 Å². The lowest BCUT2D eigenvalue weighted by Gasteiger charge is -2.05. The van der Waals surface area contributed by atoms with Crippen LogP contribution in [-0.2, 0) is 0 Å². The van der Waals surface area contributed by atoms with E-state index >= 15 is 0 Å². The first kappa shape index (κ1) is 12.1. The van der Waals surface area contributed by atoms with E-state index in [4.69, 9.17) is 0 Å². The van der Waals surface area contributed by atoms with E-state index in [0.29, 0.717) is 17.6 Å². The summed E-state index contributed by atoms with van der Waals surface area (Å²) in [6.45, 7) is 1.13. The molecule has 0 fully saturated rings. The third kappa shape index (κ3) is 3.60. The highest BCUT2D eigenvalue weighted by Crippen LogP contribution is 2.14. The summed E-state index contributed by atoms with van der Waals surface area (Å²) in [4.78, 5) is 11.5. The second-order valence-electron chi connectivity index (χ2n) is 2.98. The molecule has 82 valence electrons. The third-order valence-electron chi connectivity index (χ3n) is 1.84. The van der Waals surface area contributed by atoms with Crippen LogP contribution in [0.4, 0.5) is 4.39 Å². The van der Waals surface area contributed by atoms with Crippen molar-refractivity contribution in [2.24, 2.45) is 0 Å². The van der Waals surface area contributed by atoms with Gasteiger partial charge < -0.3 is 10.6 Å². The Morgan fingerprint density at radius 2 is 2.20 bits per heavy atom. The summed E-state index contributed by atoms with van der Waals surface area (Å²) in [7, 11) is 1.78. The summed E-state index contributed by atoms with van der Waals surface area (Å²) in [5.41, 5.74) is 0.0642. The largest absolute Gasteiger partial charge is 0.351 e. The molecule has 1 amide bonds. The van der Waals surface area contributed by atoms with Crippen LogP contribution in [0.25, 0.3) is 0 Å². The molecule has 1 rings (SSSR count). The molecule has 0 aliphatic carbocycles. The number of hydrogen-bond donors (Lipinski definition) is 2. The van der Waals surface area contributed by atoms with Crippen LogP contribution in [0.5, 0.6) is 0 Å². The molecule has 1 aromatic carbocycles. The van der Waals surface area contributed by atoms with Crippen molar-refractivity contribution >= 4 is 21.8 Å². The highest BCUT2D eigenvalue weighted by atomic mass is 79.9. The second-order valence-corrected chi connectivity index (χ2v) is 3.90. The Labute approximate surface area is 96.2 Å². The molecule has 0 spiro atoms. The van der Waals surface area contributed by atoms with E-state index in [2.05, 4.69) is 26.6 Å². The zero-order valence-electron chi connectivity index (χ0n) is 8.31. The Bertz CT molecular complexity index is 357. The van der Waals surface area contributed by atoms with E-state index in [1.54, 1.807) is 13.1 Å². The number of benzene rings is 1. The minimum Gasteiger partial charge on any atom is -0.351 e. The molecule has 0 aromatic heterocycles. The molecule has 15 heavy (non-hydrogen) atoms. The Hall–Kier alpha value is -0.940. The van der Waals surface area contributed by atoms with Gasteiger partial charge in [0, 0.05) is 17.6 Å². The van der Waals surface area contributed by atoms with Gasteiger partial charge in [0.15, 0.2) is 0 Å². The summed E-state index contributed by atoms with van der Waals surface area (Å²) in [6, 6.07) is 4.36. The average molecular weight is 275 g/mol. The summed E-state index contributed by atoms with van der Waals surface area (Å²) in [5, 5.41) is 5.49. The summed E-state index contributed by atoms with van der Waals surface area (Å²) in [5.74, 6) is -0.915. The summed E-state index contributed by atoms with van der Waals surface area (Å²) in [6.07, 6.45) is 0. The van der Waals surface area contributed by atoms with Crippen molar-refractivity contribution in [2.75, 3.05) is 20.1 Å². The molecule has 5 heteroatoms. The first-order valence-electron chi connectivity index (χ1n) is 4.53. The van der Waals surface area contributed by atoms with E-state index in [1.807, 2.05) is 0 Å². The Morgan fingerprint density at radius 1 is 1.47 bits per heavy atom. The number of amides is 1. The van der Waals surface area contributed by atoms with Gasteiger partial charge in [0.1, 0.15) is 5.82 Å². The molecule has 0 unspecified atom stereocenters. The minimum absolute atomic E-state index is 0.0642. The molecule has 0 heterocycles. The van der Waals surface area contributed by atoms with Gasteiger partial charge in [-0.2, -0.15) is 0 Å². The number of halogens is 2. The van der Waals surface area contributed by atoms with Gasteiger partial charge in [0.25, 0.3) is 5.91 Å². The molecular formula is C10H12BrFN2O. The van der Waals surface area contributed by atoms with Crippen LogP contribution < -0.4 is 10.6 Å². The molecule has 0 aliphatic heterocycles. The maximum atomic E-state index is 13.3. The highest BCUT2D eigenvalue weighted by molar-refractivity contribution is 9.10. The standard InChI is InChI=1S/C10H12BrFN2O/c1-13-4-5-14-10(15)8-3-2-7(11)6-9(8)12/h2-3,6,13H,4-5H2,1H3,(H,14,15). The SMILES string of the molecule is CNCCNC(=O)c1ccc(Br)cc1F. The summed E-state index contributed by atoms with van der Waals surface area (Å²) < 4.78 is 13.9. The molecule has 1 aromatic rings. The fourth-order valence-corrected chi connectivity index (χ4v) is 1.40. The summed E-state index contributed by atoms with van der Waals surface area (Å²) >= 11 is 3.13. The zero-order chi connectivity index (χ0) is 11.3. The van der Waals surface area contributed by atoms with Crippen molar-refractivity contribution in [3.05, 3.63) is 34.1 Å². The Morgan fingerprint density at radius 3 is 2.80 bits per heavy atom. The fourth-order valence-electron chi connectivity index (χ4n) is 1.07. The first-order chi connectivity index (χ1) is 7.15. The van der Waals surface area contributed by atoms with Crippen LogP contribution in [-0.4, -0.2) is 26.0 Å². The van der Waals surface area contributed by atoms with Crippen molar-refractivity contribution in [3.63, 3.8) is 0 Å². The maximum Gasteiger partial charge on any atom is 0.254 e. The van der Waals surface area contributed by atoms with Crippen molar-refractivity contribution in [1.29, 1.82) is 0 Å². The third-order valence-corrected chi connectivity index (χ3v) is 2.33. The van der Waals surface area contributed by atoms with E-state index in [1.165, 1.54) is 12.1 Å². The monoisotopic (exact) mass is 274 g/mol. The van der Waals surface area contributed by atoms with Gasteiger partial charge in [0.2, 0.25) is 0 Å². The van der Waals surface area contributed by atoms with Crippen molar-refractivity contribution < 1.29 is 9.18 Å². The fraction of sp³-hybridized carbons (Fsp3) is 0.300. The number of carbonyl (C=O) groups excluding carboxylic acids is 1. The van der Waals surface area contributed by atoms with Crippen LogP contribution in [0.2, 0.25) is 0 Å². The molecule has 0 saturated heterocycles. The van der Waals surface area contributed by atoms with Gasteiger partial charge in [-0.05, 0) is 25.2 Å². The lowest BCUT2D eigenvalue weighted by molar-refractivity contribution is 0.0950. The van der Waals surface area contributed by atoms with Crippen LogP contribution >= 0.6 is 15.9 Å². The van der Waals surface area contributed by atoms with Gasteiger partial charge >= 0.3 is 0 Å². The highest BCUT2D eigenvalue weighted by Gasteiger charge is 2.10. The Balaban J connectivity index is 2.65. The first-order valence-corrected chi connectivity index (χ1v) is 5.32. The van der Waals surface area contributed by atoms with Gasteiger partial charge in [-0.15, -0.1) is 0 Å². The van der Waals surface area contributed by atoms with E-state index in [-0.39, 0.29) is 5.56 Å². The molecular weight excluding hydrogens is 263 g/mol. The van der Waals surface area contributed by atoms with Crippen LogP contribution in [0.1, 0.15) is 10.4 Å². The minimum atomic E-state index is -0.522. The number of carbonyl (C=O) groups is 1. The molecule has 3 nitrogen and oxygen atoms in total. The van der Waals surface area contributed by atoms with Crippen molar-refractivity contribution in [3.8, 4) is 0 Å². The lowest BCUT2D eigenvalue weighted by Crippen LogP contribution is -2.30. The van der Waals surface area contributed by atoms with E-state index < -0.39 is 11.7 Å². The number of nitrogens with one attached hydrogen (secondary N) is 2. The number of rotatable bonds is 4. The van der Waals surface area contributed by atoms with Crippen LogP contribution in [0.15, 0.2) is 22.7 Å². The molecule has 0 radical (unpaired) electrons. The zero-order valence-corrected chi connectivity index (χ0v) is 9.90. The smallest absolute Gasteiger partial charge is 0.254 e. The van der Waals surface area contributed by atoms with Gasteiger partial charge in [-0.3, -0.25) is 4.79 Å². The number of hydrogen-bond acceptors (Lipinski definition) is 2. The van der Waals surface area contributed by atoms with Gasteiger partial charge in [0.05, 0.1) is 5.56 Å². The van der Waals surface area contributed by atoms with Crippen LogP contribution in [0.3, 0.4) is 0 Å². The predicted octanol–water partition coefficient (Wildman–Crippen LogP) is 1.54. The molecule has 2 N–H and O–H groups in total. The van der Waals surface area contributed by atoms with Crippen LogP contribution in [0, 0.1) is 5.82 Å². The number of likely N-dealkylation sites (N-methyl/N-ethyl adjacent to an activating group) is 1. The second kappa shape index (κ2) is 5.82. The van der Waals surface area contributed by atoms with Gasteiger partial charge in [-0.1, -0.05) is 15.9 Å². The molecule has 0 saturated carbocycles. The molecule has 0 atom stereocenters. The normalized spacial score (nSPS) is 10.1. The van der Waals surface area contributed by atoms with Crippen molar-refractivity contribution in [2.45, 2.75) is 0 Å².